The molecule has 4 aromatic rings. The molecule has 3 aromatic carbocycles. The van der Waals surface area contributed by atoms with Crippen molar-refractivity contribution >= 4 is 17.6 Å². The maximum absolute atomic E-state index is 13.0. The summed E-state index contributed by atoms with van der Waals surface area (Å²) in [6.07, 6.45) is 2.13. The van der Waals surface area contributed by atoms with Gasteiger partial charge in [-0.2, -0.15) is 4.68 Å². The first-order chi connectivity index (χ1) is 16.6. The number of anilines is 1. The van der Waals surface area contributed by atoms with Crippen LogP contribution >= 0.6 is 0 Å². The average molecular weight is 451 g/mol. The molecule has 7 heteroatoms. The lowest BCUT2D eigenvalue weighted by atomic mass is 9.99. The first kappa shape index (κ1) is 21.6. The van der Waals surface area contributed by atoms with Gasteiger partial charge in [0.1, 0.15) is 12.6 Å². The molecular weight excluding hydrogens is 424 g/mol. The zero-order chi connectivity index (χ0) is 23.5. The number of rotatable bonds is 6. The highest BCUT2D eigenvalue weighted by atomic mass is 16.2. The van der Waals surface area contributed by atoms with E-state index in [1.807, 2.05) is 35.2 Å². The number of allylic oxidation sites excluding steroid dienone is 1. The Bertz CT molecular complexity index is 1310. The fourth-order valence-corrected chi connectivity index (χ4v) is 4.09. The van der Waals surface area contributed by atoms with Crippen LogP contribution in [-0.2, 0) is 11.3 Å². The van der Waals surface area contributed by atoms with Gasteiger partial charge < -0.3 is 5.32 Å². The van der Waals surface area contributed by atoms with Crippen molar-refractivity contribution in [1.29, 1.82) is 0 Å². The van der Waals surface area contributed by atoms with Gasteiger partial charge in [0.2, 0.25) is 5.91 Å². The second-order valence-corrected chi connectivity index (χ2v) is 8.55. The van der Waals surface area contributed by atoms with Crippen LogP contribution in [0.4, 0.5) is 5.95 Å². The van der Waals surface area contributed by atoms with E-state index in [-0.39, 0.29) is 18.5 Å². The zero-order valence-corrected chi connectivity index (χ0v) is 19.2. The molecule has 1 atom stereocenters. The molecule has 5 rings (SSSR count). The average Bonchev–Trinajstić information content (AvgIpc) is 3.35. The molecule has 1 N–H and O–H groups in total. The third-order valence-electron chi connectivity index (χ3n) is 5.99. The molecule has 1 aliphatic heterocycles. The van der Waals surface area contributed by atoms with Gasteiger partial charge in [0.15, 0.2) is 0 Å². The normalized spacial score (nSPS) is 14.9. The van der Waals surface area contributed by atoms with E-state index in [1.54, 1.807) is 4.68 Å². The van der Waals surface area contributed by atoms with Gasteiger partial charge in [-0.3, -0.25) is 9.69 Å². The van der Waals surface area contributed by atoms with Gasteiger partial charge in [0, 0.05) is 6.54 Å². The second-order valence-electron chi connectivity index (χ2n) is 8.55. The first-order valence-corrected chi connectivity index (χ1v) is 11.3. The number of carbonyl (C=O) groups is 1. The molecule has 170 valence electrons. The highest BCUT2D eigenvalue weighted by Gasteiger charge is 2.31. The third-order valence-corrected chi connectivity index (χ3v) is 5.99. The van der Waals surface area contributed by atoms with Crippen molar-refractivity contribution in [2.75, 3.05) is 11.4 Å². The summed E-state index contributed by atoms with van der Waals surface area (Å²) in [6, 6.07) is 26.3. The summed E-state index contributed by atoms with van der Waals surface area (Å²) in [6.45, 7) is 4.70. The molecule has 1 unspecified atom stereocenters. The van der Waals surface area contributed by atoms with Gasteiger partial charge in [0.25, 0.3) is 5.95 Å². The fourth-order valence-electron chi connectivity index (χ4n) is 4.09. The number of fused-ring (bicyclic) bond motifs is 1. The molecule has 1 aromatic heterocycles. The standard InChI is InChI=1S/C27H26N6O/c1-19-8-12-22(13-9-19)24-16-25(23-14-10-20(2)11-15-23)33-27(29-30-31-33)32(24)18-26(34)28-17-21-6-4-3-5-7-21/h3-16,25H,17-18H2,1-2H3,(H,28,34). The van der Waals surface area contributed by atoms with Crippen molar-refractivity contribution in [3.8, 4) is 0 Å². The predicted molar refractivity (Wildman–Crippen MR) is 132 cm³/mol. The van der Waals surface area contributed by atoms with Crippen molar-refractivity contribution < 1.29 is 4.79 Å². The van der Waals surface area contributed by atoms with E-state index in [1.165, 1.54) is 11.1 Å². The highest BCUT2D eigenvalue weighted by Crippen LogP contribution is 2.36. The number of hydrogen-bond acceptors (Lipinski definition) is 5. The number of aryl methyl sites for hydroxylation is 2. The Morgan fingerprint density at radius 1 is 0.912 bits per heavy atom. The maximum Gasteiger partial charge on any atom is 0.251 e. The van der Waals surface area contributed by atoms with Crippen LogP contribution in [0.25, 0.3) is 5.70 Å². The minimum absolute atomic E-state index is 0.105. The molecule has 7 nitrogen and oxygen atoms in total. The smallest absolute Gasteiger partial charge is 0.251 e. The molecule has 1 aliphatic rings. The van der Waals surface area contributed by atoms with Crippen LogP contribution in [0.3, 0.4) is 0 Å². The van der Waals surface area contributed by atoms with E-state index in [0.29, 0.717) is 12.5 Å². The van der Waals surface area contributed by atoms with Gasteiger partial charge in [-0.1, -0.05) is 95.1 Å². The lowest BCUT2D eigenvalue weighted by molar-refractivity contribution is -0.119. The molecule has 0 aliphatic carbocycles. The van der Waals surface area contributed by atoms with Gasteiger partial charge >= 0.3 is 0 Å². The summed E-state index contributed by atoms with van der Waals surface area (Å²) >= 11 is 0. The SMILES string of the molecule is Cc1ccc(C2=CC(c3ccc(C)cc3)n3nnnc3N2CC(=O)NCc2ccccc2)cc1. The number of nitrogens with one attached hydrogen (secondary N) is 1. The Hall–Kier alpha value is -4.26. The van der Waals surface area contributed by atoms with E-state index in [9.17, 15) is 4.79 Å². The monoisotopic (exact) mass is 450 g/mol. The van der Waals surface area contributed by atoms with E-state index in [4.69, 9.17) is 0 Å². The van der Waals surface area contributed by atoms with Crippen LogP contribution in [0.1, 0.15) is 33.9 Å². The fraction of sp³-hybridized carbons (Fsp3) is 0.185. The van der Waals surface area contributed by atoms with Crippen molar-refractivity contribution in [3.63, 3.8) is 0 Å². The van der Waals surface area contributed by atoms with Crippen LogP contribution in [0.15, 0.2) is 84.9 Å². The molecule has 0 saturated carbocycles. The van der Waals surface area contributed by atoms with Crippen molar-refractivity contribution in [2.45, 2.75) is 26.4 Å². The molecule has 0 radical (unpaired) electrons. The molecule has 34 heavy (non-hydrogen) atoms. The highest BCUT2D eigenvalue weighted by molar-refractivity contribution is 5.89. The van der Waals surface area contributed by atoms with Crippen molar-refractivity contribution in [3.05, 3.63) is 113 Å². The Morgan fingerprint density at radius 2 is 1.59 bits per heavy atom. The maximum atomic E-state index is 13.0. The molecule has 0 bridgehead atoms. The number of hydrogen-bond donors (Lipinski definition) is 1. The minimum atomic E-state index is -0.175. The van der Waals surface area contributed by atoms with Crippen LogP contribution in [0.2, 0.25) is 0 Å². The van der Waals surface area contributed by atoms with Gasteiger partial charge in [-0.15, -0.1) is 0 Å². The number of tetrazole rings is 1. The molecular formula is C27H26N6O. The second kappa shape index (κ2) is 9.31. The molecule has 2 heterocycles. The Balaban J connectivity index is 1.49. The Labute approximate surface area is 198 Å². The summed E-state index contributed by atoms with van der Waals surface area (Å²) in [5.41, 5.74) is 6.41. The number of aromatic nitrogens is 4. The number of carbonyl (C=O) groups excluding carboxylic acids is 1. The van der Waals surface area contributed by atoms with Crippen LogP contribution < -0.4 is 10.2 Å². The van der Waals surface area contributed by atoms with E-state index < -0.39 is 0 Å². The quantitative estimate of drug-likeness (QED) is 0.480. The van der Waals surface area contributed by atoms with E-state index in [0.717, 1.165) is 22.4 Å². The number of nitrogens with zero attached hydrogens (tertiary/aromatic N) is 5. The van der Waals surface area contributed by atoms with Gasteiger partial charge in [-0.05, 0) is 47.0 Å². The van der Waals surface area contributed by atoms with E-state index in [2.05, 4.69) is 89.3 Å². The Kier molecular flexibility index (Phi) is 5.91. The molecule has 0 saturated heterocycles. The predicted octanol–water partition coefficient (Wildman–Crippen LogP) is 4.06. The van der Waals surface area contributed by atoms with Crippen LogP contribution in [-0.4, -0.2) is 32.7 Å². The molecule has 0 fully saturated rings. The zero-order valence-electron chi connectivity index (χ0n) is 19.2. The summed E-state index contributed by atoms with van der Waals surface area (Å²) in [4.78, 5) is 14.9. The van der Waals surface area contributed by atoms with Crippen molar-refractivity contribution in [2.24, 2.45) is 0 Å². The van der Waals surface area contributed by atoms with Gasteiger partial charge in [-0.25, -0.2) is 0 Å². The summed E-state index contributed by atoms with van der Waals surface area (Å²) in [7, 11) is 0. The van der Waals surface area contributed by atoms with Gasteiger partial charge in [0.05, 0.1) is 5.70 Å². The topological polar surface area (TPSA) is 75.9 Å². The lowest BCUT2D eigenvalue weighted by Gasteiger charge is -2.32. The number of benzene rings is 3. The number of amides is 1. The molecule has 1 amide bonds. The van der Waals surface area contributed by atoms with Crippen LogP contribution in [0, 0.1) is 13.8 Å². The van der Waals surface area contributed by atoms with Crippen LogP contribution in [0.5, 0.6) is 0 Å². The largest absolute Gasteiger partial charge is 0.350 e. The minimum Gasteiger partial charge on any atom is -0.350 e. The van der Waals surface area contributed by atoms with E-state index >= 15 is 0 Å². The van der Waals surface area contributed by atoms with Crippen molar-refractivity contribution in [1.82, 2.24) is 25.5 Å². The summed E-state index contributed by atoms with van der Waals surface area (Å²) < 4.78 is 1.77. The lowest BCUT2D eigenvalue weighted by Crippen LogP contribution is -2.39. The summed E-state index contributed by atoms with van der Waals surface area (Å²) in [5.74, 6) is 0.434. The summed E-state index contributed by atoms with van der Waals surface area (Å²) in [5, 5.41) is 15.5. The molecule has 0 spiro atoms. The third kappa shape index (κ3) is 4.45. The first-order valence-electron chi connectivity index (χ1n) is 11.3. The Morgan fingerprint density at radius 3 is 2.29 bits per heavy atom.